The SMILES string of the molecule is COC(C)(C)c1nc(=S)n(C)[nH]1. The minimum absolute atomic E-state index is 0.408. The summed E-state index contributed by atoms with van der Waals surface area (Å²) in [6.45, 7) is 3.86. The fraction of sp³-hybridized carbons (Fsp3) is 0.714. The third-order valence-electron chi connectivity index (χ3n) is 1.85. The second-order valence-electron chi connectivity index (χ2n) is 3.13. The fourth-order valence-electron chi connectivity index (χ4n) is 0.768. The number of ether oxygens (including phenoxy) is 1. The number of aromatic amines is 1. The van der Waals surface area contributed by atoms with E-state index < -0.39 is 5.60 Å². The van der Waals surface area contributed by atoms with E-state index in [-0.39, 0.29) is 0 Å². The van der Waals surface area contributed by atoms with Crippen LogP contribution in [0.4, 0.5) is 0 Å². The number of hydrogen-bond donors (Lipinski definition) is 1. The molecule has 0 radical (unpaired) electrons. The number of methoxy groups -OCH3 is 1. The highest BCUT2D eigenvalue weighted by atomic mass is 32.1. The van der Waals surface area contributed by atoms with E-state index in [1.54, 1.807) is 11.8 Å². The predicted molar refractivity (Wildman–Crippen MR) is 48.4 cm³/mol. The van der Waals surface area contributed by atoms with E-state index in [1.165, 1.54) is 0 Å². The number of nitrogens with zero attached hydrogens (tertiary/aromatic N) is 2. The molecular formula is C7H13N3OS. The summed E-state index contributed by atoms with van der Waals surface area (Å²) in [6.07, 6.45) is 0. The zero-order valence-corrected chi connectivity index (χ0v) is 8.53. The number of H-pyrrole nitrogens is 1. The minimum atomic E-state index is -0.408. The van der Waals surface area contributed by atoms with Crippen molar-refractivity contribution in [2.45, 2.75) is 19.4 Å². The first-order valence-corrected chi connectivity index (χ1v) is 4.07. The summed E-state index contributed by atoms with van der Waals surface area (Å²) < 4.78 is 7.46. The zero-order valence-electron chi connectivity index (χ0n) is 7.71. The molecule has 0 saturated heterocycles. The summed E-state index contributed by atoms with van der Waals surface area (Å²) in [5.74, 6) is 0.748. The van der Waals surface area contributed by atoms with Gasteiger partial charge in [0.1, 0.15) is 5.60 Å². The van der Waals surface area contributed by atoms with Crippen molar-refractivity contribution in [1.29, 1.82) is 0 Å². The Morgan fingerprint density at radius 2 is 2.17 bits per heavy atom. The molecule has 1 aromatic heterocycles. The molecule has 68 valence electrons. The third-order valence-corrected chi connectivity index (χ3v) is 2.21. The summed E-state index contributed by atoms with van der Waals surface area (Å²) in [5.41, 5.74) is -0.408. The van der Waals surface area contributed by atoms with Crippen LogP contribution >= 0.6 is 12.2 Å². The van der Waals surface area contributed by atoms with Crippen molar-refractivity contribution in [3.63, 3.8) is 0 Å². The van der Waals surface area contributed by atoms with E-state index in [0.29, 0.717) is 4.77 Å². The summed E-state index contributed by atoms with van der Waals surface area (Å²) in [5, 5.41) is 3.01. The molecule has 0 unspecified atom stereocenters. The second-order valence-corrected chi connectivity index (χ2v) is 3.49. The largest absolute Gasteiger partial charge is 0.371 e. The Labute approximate surface area is 76.6 Å². The molecule has 1 rings (SSSR count). The van der Waals surface area contributed by atoms with Gasteiger partial charge in [0.2, 0.25) is 4.77 Å². The maximum atomic E-state index is 5.24. The summed E-state index contributed by atoms with van der Waals surface area (Å²) in [4.78, 5) is 4.15. The molecular weight excluding hydrogens is 174 g/mol. The Balaban J connectivity index is 3.12. The highest BCUT2D eigenvalue weighted by molar-refractivity contribution is 7.71. The lowest BCUT2D eigenvalue weighted by Gasteiger charge is -2.19. The molecule has 0 fully saturated rings. The summed E-state index contributed by atoms with van der Waals surface area (Å²) in [7, 11) is 3.47. The number of rotatable bonds is 2. The maximum absolute atomic E-state index is 5.24. The smallest absolute Gasteiger partial charge is 0.215 e. The summed E-state index contributed by atoms with van der Waals surface area (Å²) in [6, 6.07) is 0. The second kappa shape index (κ2) is 2.99. The van der Waals surface area contributed by atoms with E-state index in [4.69, 9.17) is 17.0 Å². The van der Waals surface area contributed by atoms with Crippen LogP contribution in [0, 0.1) is 4.77 Å². The standard InChI is InChI=1S/C7H13N3OS/c1-7(2,11-4)5-8-6(12)10(3)9-5/h1-4H3,(H,8,9,12). The Morgan fingerprint density at radius 1 is 1.58 bits per heavy atom. The van der Waals surface area contributed by atoms with E-state index in [9.17, 15) is 0 Å². The normalized spacial score (nSPS) is 12.0. The van der Waals surface area contributed by atoms with Crippen molar-refractivity contribution in [3.8, 4) is 0 Å². The van der Waals surface area contributed by atoms with E-state index in [1.807, 2.05) is 20.9 Å². The van der Waals surface area contributed by atoms with Gasteiger partial charge in [-0.3, -0.25) is 9.78 Å². The lowest BCUT2D eigenvalue weighted by Crippen LogP contribution is -2.21. The van der Waals surface area contributed by atoms with Gasteiger partial charge in [-0.15, -0.1) is 0 Å². The van der Waals surface area contributed by atoms with Crippen LogP contribution in [-0.2, 0) is 17.4 Å². The van der Waals surface area contributed by atoms with Gasteiger partial charge in [-0.25, -0.2) is 4.98 Å². The molecule has 0 aliphatic carbocycles. The lowest BCUT2D eigenvalue weighted by molar-refractivity contribution is 0.0114. The van der Waals surface area contributed by atoms with Crippen molar-refractivity contribution in [2.75, 3.05) is 7.11 Å². The quantitative estimate of drug-likeness (QED) is 0.711. The Kier molecular flexibility index (Phi) is 2.34. The predicted octanol–water partition coefficient (Wildman–Crippen LogP) is 1.36. The van der Waals surface area contributed by atoms with Crippen molar-refractivity contribution in [2.24, 2.45) is 7.05 Å². The van der Waals surface area contributed by atoms with Crippen molar-refractivity contribution < 1.29 is 4.74 Å². The van der Waals surface area contributed by atoms with Crippen LogP contribution < -0.4 is 0 Å². The Bertz CT molecular complexity index is 326. The van der Waals surface area contributed by atoms with Crippen molar-refractivity contribution in [3.05, 3.63) is 10.6 Å². The van der Waals surface area contributed by atoms with Crippen LogP contribution in [0.5, 0.6) is 0 Å². The van der Waals surface area contributed by atoms with Gasteiger partial charge in [-0.05, 0) is 26.1 Å². The first-order valence-electron chi connectivity index (χ1n) is 3.66. The zero-order chi connectivity index (χ0) is 9.35. The highest BCUT2D eigenvalue weighted by Gasteiger charge is 2.23. The molecule has 0 aromatic carbocycles. The molecule has 0 aliphatic rings. The summed E-state index contributed by atoms with van der Waals surface area (Å²) >= 11 is 4.96. The molecule has 1 aromatic rings. The first kappa shape index (κ1) is 9.41. The van der Waals surface area contributed by atoms with Crippen LogP contribution in [0.3, 0.4) is 0 Å². The Morgan fingerprint density at radius 3 is 2.50 bits per heavy atom. The molecule has 0 bridgehead atoms. The topological polar surface area (TPSA) is 42.8 Å². The van der Waals surface area contributed by atoms with E-state index >= 15 is 0 Å². The van der Waals surface area contributed by atoms with Gasteiger partial charge >= 0.3 is 0 Å². The van der Waals surface area contributed by atoms with Gasteiger partial charge in [0, 0.05) is 14.2 Å². The van der Waals surface area contributed by atoms with Crippen molar-refractivity contribution in [1.82, 2.24) is 14.8 Å². The van der Waals surface area contributed by atoms with Crippen LogP contribution in [0.15, 0.2) is 0 Å². The lowest BCUT2D eigenvalue weighted by atomic mass is 10.1. The highest BCUT2D eigenvalue weighted by Crippen LogP contribution is 2.18. The number of aromatic nitrogens is 3. The molecule has 0 aliphatic heterocycles. The van der Waals surface area contributed by atoms with Crippen LogP contribution in [0.2, 0.25) is 0 Å². The molecule has 1 N–H and O–H groups in total. The average molecular weight is 187 g/mol. The maximum Gasteiger partial charge on any atom is 0.215 e. The minimum Gasteiger partial charge on any atom is -0.371 e. The van der Waals surface area contributed by atoms with E-state index in [0.717, 1.165) is 5.82 Å². The van der Waals surface area contributed by atoms with Gasteiger partial charge in [-0.2, -0.15) is 0 Å². The van der Waals surface area contributed by atoms with Gasteiger partial charge in [0.25, 0.3) is 0 Å². The molecule has 0 atom stereocenters. The van der Waals surface area contributed by atoms with Gasteiger partial charge < -0.3 is 4.74 Å². The van der Waals surface area contributed by atoms with Gasteiger partial charge in [0.15, 0.2) is 5.82 Å². The molecule has 5 heteroatoms. The number of nitrogens with one attached hydrogen (secondary N) is 1. The van der Waals surface area contributed by atoms with Gasteiger partial charge in [-0.1, -0.05) is 0 Å². The van der Waals surface area contributed by atoms with Gasteiger partial charge in [0.05, 0.1) is 0 Å². The molecule has 4 nitrogen and oxygen atoms in total. The van der Waals surface area contributed by atoms with Crippen LogP contribution in [-0.4, -0.2) is 21.9 Å². The monoisotopic (exact) mass is 187 g/mol. The van der Waals surface area contributed by atoms with Crippen molar-refractivity contribution >= 4 is 12.2 Å². The van der Waals surface area contributed by atoms with Crippen LogP contribution in [0.25, 0.3) is 0 Å². The van der Waals surface area contributed by atoms with E-state index in [2.05, 4.69) is 10.1 Å². The average Bonchev–Trinajstić information content (AvgIpc) is 2.33. The van der Waals surface area contributed by atoms with Crippen LogP contribution in [0.1, 0.15) is 19.7 Å². The molecule has 12 heavy (non-hydrogen) atoms. The molecule has 0 spiro atoms. The molecule has 0 amide bonds. The number of aryl methyl sites for hydroxylation is 1. The Hall–Kier alpha value is -0.680. The molecule has 0 saturated carbocycles. The number of hydrogen-bond acceptors (Lipinski definition) is 3. The molecule has 1 heterocycles. The fourth-order valence-corrected chi connectivity index (χ4v) is 0.905. The first-order chi connectivity index (χ1) is 5.47. The third kappa shape index (κ3) is 1.56.